The van der Waals surface area contributed by atoms with E-state index in [9.17, 15) is 14.4 Å². The average molecular weight is 409 g/mol. The number of hydrogen-bond acceptors (Lipinski definition) is 5. The van der Waals surface area contributed by atoms with Gasteiger partial charge in [-0.2, -0.15) is 0 Å². The first-order valence-electron chi connectivity index (χ1n) is 9.99. The predicted molar refractivity (Wildman–Crippen MR) is 111 cm³/mol. The minimum absolute atomic E-state index is 0.116. The maximum atomic E-state index is 12.5. The van der Waals surface area contributed by atoms with Gasteiger partial charge in [-0.25, -0.2) is 9.59 Å². The molecule has 4 rings (SSSR count). The Morgan fingerprint density at radius 3 is 2.67 bits per heavy atom. The standard InChI is InChI=1S/C22H23N3O5/c26-20(14-25-18-11-4-5-12-19(18)30-22(25)28)23-16-9-6-10-17(13-16)29-21(27)24-15-7-2-1-3-8-15/h1-5,7-8,11-12,16-17H,6,9-10,13-14H2,(H,23,26)(H,24,27)/t16-,17-/m0/s1. The molecule has 2 atom stereocenters. The molecule has 1 aliphatic rings. The average Bonchev–Trinajstić information content (AvgIpc) is 3.04. The molecule has 0 radical (unpaired) electrons. The van der Waals surface area contributed by atoms with E-state index in [2.05, 4.69) is 10.6 Å². The quantitative estimate of drug-likeness (QED) is 0.673. The summed E-state index contributed by atoms with van der Waals surface area (Å²) in [6.45, 7) is -0.119. The molecule has 0 aliphatic heterocycles. The van der Waals surface area contributed by atoms with Gasteiger partial charge in [-0.05, 0) is 43.5 Å². The third-order valence-corrected chi connectivity index (χ3v) is 5.16. The van der Waals surface area contributed by atoms with E-state index < -0.39 is 11.8 Å². The summed E-state index contributed by atoms with van der Waals surface area (Å²) < 4.78 is 12.0. The van der Waals surface area contributed by atoms with Crippen molar-refractivity contribution in [3.8, 4) is 0 Å². The van der Waals surface area contributed by atoms with Crippen molar-refractivity contribution in [1.29, 1.82) is 0 Å². The molecule has 1 fully saturated rings. The highest BCUT2D eigenvalue weighted by molar-refractivity contribution is 5.84. The lowest BCUT2D eigenvalue weighted by molar-refractivity contribution is -0.122. The molecule has 8 nitrogen and oxygen atoms in total. The van der Waals surface area contributed by atoms with Crippen LogP contribution in [-0.2, 0) is 16.1 Å². The number of carbonyl (C=O) groups excluding carboxylic acids is 2. The number of anilines is 1. The summed E-state index contributed by atoms with van der Waals surface area (Å²) in [7, 11) is 0. The summed E-state index contributed by atoms with van der Waals surface area (Å²) in [5.74, 6) is -0.836. The molecular formula is C22H23N3O5. The first kappa shape index (κ1) is 19.8. The minimum Gasteiger partial charge on any atom is -0.446 e. The van der Waals surface area contributed by atoms with Gasteiger partial charge in [0, 0.05) is 18.2 Å². The van der Waals surface area contributed by atoms with Gasteiger partial charge in [0.15, 0.2) is 5.58 Å². The number of benzene rings is 2. The number of ether oxygens (including phenoxy) is 1. The van der Waals surface area contributed by atoms with E-state index in [0.717, 1.165) is 19.3 Å². The lowest BCUT2D eigenvalue weighted by Gasteiger charge is -2.29. The molecule has 1 aromatic heterocycles. The van der Waals surface area contributed by atoms with Crippen LogP contribution in [0.4, 0.5) is 10.5 Å². The van der Waals surface area contributed by atoms with Crippen molar-refractivity contribution in [3.05, 3.63) is 65.1 Å². The highest BCUT2D eigenvalue weighted by Crippen LogP contribution is 2.22. The Balaban J connectivity index is 1.31. The normalized spacial score (nSPS) is 18.7. The monoisotopic (exact) mass is 409 g/mol. The van der Waals surface area contributed by atoms with Crippen molar-refractivity contribution < 1.29 is 18.7 Å². The third-order valence-electron chi connectivity index (χ3n) is 5.16. The molecule has 2 aromatic carbocycles. The van der Waals surface area contributed by atoms with Crippen LogP contribution in [0.3, 0.4) is 0 Å². The Morgan fingerprint density at radius 1 is 1.07 bits per heavy atom. The van der Waals surface area contributed by atoms with Crippen LogP contribution >= 0.6 is 0 Å². The van der Waals surface area contributed by atoms with Gasteiger partial charge in [0.05, 0.1) is 5.52 Å². The second-order valence-corrected chi connectivity index (χ2v) is 7.37. The van der Waals surface area contributed by atoms with Crippen LogP contribution < -0.4 is 16.4 Å². The number of nitrogens with one attached hydrogen (secondary N) is 2. The molecule has 30 heavy (non-hydrogen) atoms. The van der Waals surface area contributed by atoms with Gasteiger partial charge < -0.3 is 14.5 Å². The Bertz CT molecular complexity index is 1090. The first-order valence-corrected chi connectivity index (χ1v) is 9.99. The molecule has 0 spiro atoms. The van der Waals surface area contributed by atoms with Gasteiger partial charge in [0.2, 0.25) is 5.91 Å². The summed E-state index contributed by atoms with van der Waals surface area (Å²) in [4.78, 5) is 36.7. The van der Waals surface area contributed by atoms with Crippen LogP contribution in [-0.4, -0.2) is 28.7 Å². The van der Waals surface area contributed by atoms with Crippen molar-refractivity contribution in [2.75, 3.05) is 5.32 Å². The number of aromatic nitrogens is 1. The Labute approximate surface area is 172 Å². The maximum absolute atomic E-state index is 12.5. The van der Waals surface area contributed by atoms with Crippen molar-refractivity contribution in [1.82, 2.24) is 9.88 Å². The van der Waals surface area contributed by atoms with Crippen LogP contribution in [0.15, 0.2) is 63.8 Å². The van der Waals surface area contributed by atoms with E-state index in [4.69, 9.17) is 9.15 Å². The first-order chi connectivity index (χ1) is 14.6. The molecule has 3 aromatic rings. The third kappa shape index (κ3) is 4.71. The van der Waals surface area contributed by atoms with Gasteiger partial charge in [-0.1, -0.05) is 30.3 Å². The number of fused-ring (bicyclic) bond motifs is 1. The van der Waals surface area contributed by atoms with Crippen LogP contribution in [0.1, 0.15) is 25.7 Å². The van der Waals surface area contributed by atoms with E-state index in [0.29, 0.717) is 23.2 Å². The van der Waals surface area contributed by atoms with E-state index in [1.54, 1.807) is 36.4 Å². The largest absolute Gasteiger partial charge is 0.446 e. The van der Waals surface area contributed by atoms with E-state index in [1.807, 2.05) is 18.2 Å². The molecule has 0 saturated heterocycles. The van der Waals surface area contributed by atoms with E-state index in [-0.39, 0.29) is 24.6 Å². The summed E-state index contributed by atoms with van der Waals surface area (Å²) >= 11 is 0. The summed E-state index contributed by atoms with van der Waals surface area (Å²) in [6, 6.07) is 16.0. The second-order valence-electron chi connectivity index (χ2n) is 7.37. The van der Waals surface area contributed by atoms with Crippen molar-refractivity contribution in [2.45, 2.75) is 44.4 Å². The smallest absolute Gasteiger partial charge is 0.420 e. The number of carbonyl (C=O) groups is 2. The molecule has 0 unspecified atom stereocenters. The number of hydrogen-bond donors (Lipinski definition) is 2. The lowest BCUT2D eigenvalue weighted by Crippen LogP contribution is -2.43. The topological polar surface area (TPSA) is 103 Å². The molecule has 156 valence electrons. The predicted octanol–water partition coefficient (Wildman–Crippen LogP) is 3.27. The fraction of sp³-hybridized carbons (Fsp3) is 0.318. The summed E-state index contributed by atoms with van der Waals surface area (Å²) in [6.07, 6.45) is 2.14. The molecule has 1 saturated carbocycles. The molecular weight excluding hydrogens is 386 g/mol. The van der Waals surface area contributed by atoms with Gasteiger partial charge in [-0.3, -0.25) is 14.7 Å². The molecule has 2 amide bonds. The minimum atomic E-state index is -0.561. The summed E-state index contributed by atoms with van der Waals surface area (Å²) in [5, 5.41) is 5.65. The van der Waals surface area contributed by atoms with E-state index >= 15 is 0 Å². The van der Waals surface area contributed by atoms with Gasteiger partial charge in [-0.15, -0.1) is 0 Å². The zero-order chi connectivity index (χ0) is 20.9. The SMILES string of the molecule is O=C(Cn1c(=O)oc2ccccc21)N[C@H]1CCC[C@H](OC(=O)Nc2ccccc2)C1. The fourth-order valence-corrected chi connectivity index (χ4v) is 3.78. The number of rotatable bonds is 5. The van der Waals surface area contributed by atoms with Gasteiger partial charge in [0.25, 0.3) is 0 Å². The fourth-order valence-electron chi connectivity index (χ4n) is 3.78. The molecule has 1 heterocycles. The zero-order valence-corrected chi connectivity index (χ0v) is 16.4. The van der Waals surface area contributed by atoms with Crippen LogP contribution in [0.5, 0.6) is 0 Å². The maximum Gasteiger partial charge on any atom is 0.420 e. The number of oxazole rings is 1. The van der Waals surface area contributed by atoms with Gasteiger partial charge >= 0.3 is 11.8 Å². The van der Waals surface area contributed by atoms with Crippen molar-refractivity contribution in [3.63, 3.8) is 0 Å². The Morgan fingerprint density at radius 2 is 1.83 bits per heavy atom. The highest BCUT2D eigenvalue weighted by Gasteiger charge is 2.26. The Hall–Kier alpha value is -3.55. The number of nitrogens with zero attached hydrogens (tertiary/aromatic N) is 1. The lowest BCUT2D eigenvalue weighted by atomic mass is 9.93. The number of para-hydroxylation sites is 3. The van der Waals surface area contributed by atoms with Crippen LogP contribution in [0, 0.1) is 0 Å². The summed E-state index contributed by atoms with van der Waals surface area (Å²) in [5.41, 5.74) is 1.70. The number of amides is 2. The molecule has 0 bridgehead atoms. The Kier molecular flexibility index (Phi) is 5.83. The van der Waals surface area contributed by atoms with E-state index in [1.165, 1.54) is 4.57 Å². The van der Waals surface area contributed by atoms with Crippen molar-refractivity contribution >= 4 is 28.8 Å². The van der Waals surface area contributed by atoms with Crippen LogP contribution in [0.25, 0.3) is 11.1 Å². The molecule has 1 aliphatic carbocycles. The highest BCUT2D eigenvalue weighted by atomic mass is 16.6. The zero-order valence-electron chi connectivity index (χ0n) is 16.4. The molecule has 8 heteroatoms. The second kappa shape index (κ2) is 8.86. The van der Waals surface area contributed by atoms with Crippen LogP contribution in [0.2, 0.25) is 0 Å². The molecule has 2 N–H and O–H groups in total. The van der Waals surface area contributed by atoms with Crippen molar-refractivity contribution in [2.24, 2.45) is 0 Å². The van der Waals surface area contributed by atoms with Gasteiger partial charge in [0.1, 0.15) is 12.6 Å².